The maximum absolute atomic E-state index is 14.4. The summed E-state index contributed by atoms with van der Waals surface area (Å²) in [6.45, 7) is 17.7. The molecule has 0 bridgehead atoms. The molecule has 0 saturated heterocycles. The average molecular weight is 560 g/mol. The van der Waals surface area contributed by atoms with Gasteiger partial charge in [0, 0.05) is 23.4 Å². The fourth-order valence-electron chi connectivity index (χ4n) is 10.1. The highest BCUT2D eigenvalue weighted by Gasteiger charge is 2.68. The summed E-state index contributed by atoms with van der Waals surface area (Å²) in [6, 6.07) is 9.68. The van der Waals surface area contributed by atoms with Crippen molar-refractivity contribution in [3.8, 4) is 0 Å². The fourth-order valence-corrected chi connectivity index (χ4v) is 10.1. The molecule has 0 spiro atoms. The zero-order valence-corrected chi connectivity index (χ0v) is 25.9. The summed E-state index contributed by atoms with van der Waals surface area (Å²) in [5, 5.41) is 12.8. The van der Waals surface area contributed by atoms with Crippen LogP contribution in [0.15, 0.2) is 54.1 Å². The van der Waals surface area contributed by atoms with Crippen LogP contribution in [0.2, 0.25) is 0 Å². The van der Waals surface area contributed by atoms with E-state index >= 15 is 0 Å². The van der Waals surface area contributed by atoms with E-state index < -0.39 is 16.8 Å². The minimum atomic E-state index is -0.812. The predicted molar refractivity (Wildman–Crippen MR) is 163 cm³/mol. The van der Waals surface area contributed by atoms with Gasteiger partial charge < -0.3 is 10.4 Å². The van der Waals surface area contributed by atoms with Crippen LogP contribution in [0.1, 0.15) is 99.3 Å². The summed E-state index contributed by atoms with van der Waals surface area (Å²) in [5.41, 5.74) is 1.73. The van der Waals surface area contributed by atoms with Crippen LogP contribution in [-0.4, -0.2) is 22.8 Å². The first-order valence-electron chi connectivity index (χ1n) is 15.6. The van der Waals surface area contributed by atoms with Gasteiger partial charge >= 0.3 is 5.97 Å². The van der Waals surface area contributed by atoms with E-state index in [9.17, 15) is 19.5 Å². The summed E-state index contributed by atoms with van der Waals surface area (Å²) in [5.74, 6) is -0.562. The quantitative estimate of drug-likeness (QED) is 0.344. The minimum absolute atomic E-state index is 0.0584. The van der Waals surface area contributed by atoms with Crippen LogP contribution in [0.3, 0.4) is 0 Å². The second-order valence-electron chi connectivity index (χ2n) is 15.3. The number of hydrogen-bond donors (Lipinski definition) is 2. The number of amides is 1. The highest BCUT2D eigenvalue weighted by atomic mass is 16.4. The number of rotatable bonds is 6. The van der Waals surface area contributed by atoms with Gasteiger partial charge in [-0.1, -0.05) is 70.5 Å². The Hall–Kier alpha value is -2.69. The molecule has 4 aliphatic carbocycles. The highest BCUT2D eigenvalue weighted by Crippen LogP contribution is 2.73. The maximum Gasteiger partial charge on any atom is 0.303 e. The van der Waals surface area contributed by atoms with E-state index in [1.807, 2.05) is 43.3 Å². The molecule has 41 heavy (non-hydrogen) atoms. The molecule has 4 aliphatic rings. The zero-order valence-electron chi connectivity index (χ0n) is 25.9. The SMILES string of the molecule is C=C(C)[C@@H]1CC[C@]2(C)[C@H](C(=O)C=C3[C@@H]4C[C@@](C)(C(=O)Nc5ccccc5)CC[C@]4(C)CC[C@]32C)[C@@]1(C)CCC(=O)O. The Balaban J connectivity index is 1.54. The number of nitrogens with one attached hydrogen (secondary N) is 1. The first-order chi connectivity index (χ1) is 19.1. The molecule has 1 aromatic carbocycles. The van der Waals surface area contributed by atoms with E-state index in [0.717, 1.165) is 56.2 Å². The normalized spacial score (nSPS) is 41.8. The van der Waals surface area contributed by atoms with Gasteiger partial charge in [0.25, 0.3) is 0 Å². The van der Waals surface area contributed by atoms with Gasteiger partial charge in [-0.2, -0.15) is 0 Å². The van der Waals surface area contributed by atoms with Gasteiger partial charge in [0.2, 0.25) is 5.91 Å². The van der Waals surface area contributed by atoms with E-state index in [4.69, 9.17) is 0 Å². The number of fused-ring (bicyclic) bond motifs is 5. The molecule has 5 nitrogen and oxygen atoms in total. The molecular weight excluding hydrogens is 510 g/mol. The molecule has 0 unspecified atom stereocenters. The Morgan fingerprint density at radius 2 is 1.66 bits per heavy atom. The van der Waals surface area contributed by atoms with Crippen molar-refractivity contribution in [3.63, 3.8) is 0 Å². The lowest BCUT2D eigenvalue weighted by atomic mass is 9.35. The van der Waals surface area contributed by atoms with Crippen molar-refractivity contribution in [2.45, 2.75) is 99.3 Å². The second-order valence-corrected chi connectivity index (χ2v) is 15.3. The van der Waals surface area contributed by atoms with Crippen molar-refractivity contribution in [3.05, 3.63) is 54.1 Å². The first-order valence-corrected chi connectivity index (χ1v) is 15.6. The fraction of sp³-hybridized carbons (Fsp3) is 0.639. The van der Waals surface area contributed by atoms with E-state index in [0.29, 0.717) is 6.42 Å². The highest BCUT2D eigenvalue weighted by molar-refractivity contribution is 5.96. The number of carbonyl (C=O) groups excluding carboxylic acids is 2. The number of carboxylic acid groups (broad SMARTS) is 1. The number of hydrogen-bond acceptors (Lipinski definition) is 3. The third-order valence-corrected chi connectivity index (χ3v) is 12.9. The second kappa shape index (κ2) is 9.95. The number of para-hydroxylation sites is 1. The lowest BCUT2D eigenvalue weighted by Crippen LogP contribution is -2.63. The Labute approximate surface area is 246 Å². The lowest BCUT2D eigenvalue weighted by Gasteiger charge is -2.68. The van der Waals surface area contributed by atoms with Gasteiger partial charge in [0.1, 0.15) is 0 Å². The van der Waals surface area contributed by atoms with Crippen LogP contribution in [0.4, 0.5) is 5.69 Å². The number of anilines is 1. The number of carbonyl (C=O) groups is 3. The van der Waals surface area contributed by atoms with Crippen LogP contribution < -0.4 is 5.32 Å². The Kier molecular flexibility index (Phi) is 7.23. The van der Waals surface area contributed by atoms with Crippen LogP contribution in [0.25, 0.3) is 0 Å². The number of ketones is 1. The van der Waals surface area contributed by atoms with Crippen molar-refractivity contribution in [1.82, 2.24) is 0 Å². The number of aliphatic carboxylic acids is 1. The molecule has 0 aromatic heterocycles. The molecule has 5 rings (SSSR count). The summed E-state index contributed by atoms with van der Waals surface area (Å²) < 4.78 is 0. The smallest absolute Gasteiger partial charge is 0.303 e. The summed E-state index contributed by atoms with van der Waals surface area (Å²) in [4.78, 5) is 39.9. The third kappa shape index (κ3) is 4.53. The molecular formula is C36H49NO4. The predicted octanol–water partition coefficient (Wildman–Crippen LogP) is 8.23. The topological polar surface area (TPSA) is 83.5 Å². The zero-order chi connectivity index (χ0) is 30.0. The number of allylic oxidation sites excluding steroid dienone is 3. The number of carboxylic acids is 1. The van der Waals surface area contributed by atoms with Gasteiger partial charge in [-0.05, 0) is 110 Å². The molecule has 0 radical (unpaired) electrons. The molecule has 3 fully saturated rings. The Morgan fingerprint density at radius 3 is 2.29 bits per heavy atom. The van der Waals surface area contributed by atoms with E-state index in [1.54, 1.807) is 0 Å². The molecule has 8 atom stereocenters. The van der Waals surface area contributed by atoms with Gasteiger partial charge in [0.05, 0.1) is 0 Å². The van der Waals surface area contributed by atoms with Crippen molar-refractivity contribution >= 4 is 23.3 Å². The molecule has 1 amide bonds. The Morgan fingerprint density at radius 1 is 1.00 bits per heavy atom. The minimum Gasteiger partial charge on any atom is -0.481 e. The maximum atomic E-state index is 14.4. The molecule has 0 aliphatic heterocycles. The van der Waals surface area contributed by atoms with Gasteiger partial charge in [-0.25, -0.2) is 0 Å². The largest absolute Gasteiger partial charge is 0.481 e. The van der Waals surface area contributed by atoms with Gasteiger partial charge in [0.15, 0.2) is 5.78 Å². The van der Waals surface area contributed by atoms with Crippen LogP contribution >= 0.6 is 0 Å². The standard InChI is InChI=1S/C36H49NO4/c1-23(2)25-13-16-36(7)30(34(25,5)15-14-29(39)40)28(38)21-26-27-22-33(4,31(41)37-24-11-9-8-10-12-24)18-17-32(27,3)19-20-35(26,36)6/h8-12,21,25,27,30H,1,13-20,22H2,2-7H3,(H,37,41)(H,39,40)/t25-,27-,30+,32+,33-,34-,35+,36+/m0/s1. The van der Waals surface area contributed by atoms with Crippen LogP contribution in [-0.2, 0) is 14.4 Å². The summed E-state index contributed by atoms with van der Waals surface area (Å²) in [7, 11) is 0. The third-order valence-electron chi connectivity index (χ3n) is 12.9. The average Bonchev–Trinajstić information content (AvgIpc) is 2.90. The molecule has 1 aromatic rings. The molecule has 2 N–H and O–H groups in total. The summed E-state index contributed by atoms with van der Waals surface area (Å²) in [6.07, 6.45) is 9.00. The van der Waals surface area contributed by atoms with E-state index in [2.05, 4.69) is 46.5 Å². The molecule has 0 heterocycles. The van der Waals surface area contributed by atoms with Gasteiger partial charge in [-0.15, -0.1) is 0 Å². The molecule has 3 saturated carbocycles. The first kappa shape index (κ1) is 29.8. The van der Waals surface area contributed by atoms with Crippen molar-refractivity contribution < 1.29 is 19.5 Å². The molecule has 5 heteroatoms. The van der Waals surface area contributed by atoms with Crippen molar-refractivity contribution in [2.24, 2.45) is 44.8 Å². The monoisotopic (exact) mass is 559 g/mol. The number of benzene rings is 1. The van der Waals surface area contributed by atoms with Gasteiger partial charge in [-0.3, -0.25) is 14.4 Å². The van der Waals surface area contributed by atoms with Crippen LogP contribution in [0, 0.1) is 44.8 Å². The van der Waals surface area contributed by atoms with E-state index in [-0.39, 0.29) is 52.1 Å². The van der Waals surface area contributed by atoms with E-state index in [1.165, 1.54) is 5.57 Å². The van der Waals surface area contributed by atoms with Crippen molar-refractivity contribution in [1.29, 1.82) is 0 Å². The molecule has 222 valence electrons. The van der Waals surface area contributed by atoms with Crippen LogP contribution in [0.5, 0.6) is 0 Å². The lowest BCUT2D eigenvalue weighted by molar-refractivity contribution is -0.164. The summed E-state index contributed by atoms with van der Waals surface area (Å²) >= 11 is 0. The van der Waals surface area contributed by atoms with Crippen molar-refractivity contribution in [2.75, 3.05) is 5.32 Å². The Bertz CT molecular complexity index is 1300.